The molecule has 1 N–H and O–H groups in total. The normalized spacial score (nSPS) is 11.8. The smallest absolute Gasteiger partial charge is 0.216 e. The van der Waals surface area contributed by atoms with Crippen LogP contribution in [0.15, 0.2) is 59.8 Å². The number of benzene rings is 1. The van der Waals surface area contributed by atoms with Crippen molar-refractivity contribution in [1.82, 2.24) is 4.40 Å². The van der Waals surface area contributed by atoms with Crippen molar-refractivity contribution < 1.29 is 10.0 Å². The molecular formula is C18H16N2O2. The molecule has 0 bridgehead atoms. The number of Topliss-reactive ketones (excluding diaryl/α,β-unsaturated/α-hetero) is 1. The van der Waals surface area contributed by atoms with Gasteiger partial charge >= 0.3 is 0 Å². The van der Waals surface area contributed by atoms with Crippen LogP contribution in [-0.2, 0) is 0 Å². The van der Waals surface area contributed by atoms with Crippen molar-refractivity contribution in [2.24, 2.45) is 5.16 Å². The van der Waals surface area contributed by atoms with Crippen LogP contribution in [0.5, 0.6) is 0 Å². The first-order valence-corrected chi connectivity index (χ1v) is 7.03. The Kier molecular flexibility index (Phi) is 3.51. The lowest BCUT2D eigenvalue weighted by Gasteiger charge is -2.09. The summed E-state index contributed by atoms with van der Waals surface area (Å²) in [6.07, 6.45) is 0. The maximum Gasteiger partial charge on any atom is 0.216 e. The second-order valence-electron chi connectivity index (χ2n) is 5.25. The number of hydrogen-bond donors (Lipinski definition) is 1. The van der Waals surface area contributed by atoms with Crippen LogP contribution in [0.3, 0.4) is 0 Å². The molecule has 110 valence electrons. The standard InChI is InChI=1S/C18H16N2O2/c1-12-11-15-10-6-7-13(2)20(15)17(12)16(19-22)18(21)14-8-4-3-5-9-14/h3-11,22H,1-2H3/b19-16-. The number of rotatable bonds is 3. The lowest BCUT2D eigenvalue weighted by Crippen LogP contribution is -2.19. The zero-order valence-corrected chi connectivity index (χ0v) is 12.4. The van der Waals surface area contributed by atoms with Gasteiger partial charge in [0.05, 0.1) is 5.69 Å². The Labute approximate surface area is 128 Å². The minimum absolute atomic E-state index is 0.0537. The summed E-state index contributed by atoms with van der Waals surface area (Å²) < 4.78 is 1.94. The Morgan fingerprint density at radius 3 is 2.45 bits per heavy atom. The molecule has 0 aliphatic heterocycles. The summed E-state index contributed by atoms with van der Waals surface area (Å²) in [4.78, 5) is 12.7. The van der Waals surface area contributed by atoms with Gasteiger partial charge in [-0.2, -0.15) is 0 Å². The molecule has 0 saturated carbocycles. The van der Waals surface area contributed by atoms with Gasteiger partial charge in [-0.1, -0.05) is 41.6 Å². The number of carbonyl (C=O) groups excluding carboxylic acids is 1. The third-order valence-corrected chi connectivity index (χ3v) is 3.75. The SMILES string of the molecule is Cc1cc2cccc(C)n2c1/C(=N/O)C(=O)c1ccccc1. The monoisotopic (exact) mass is 292 g/mol. The van der Waals surface area contributed by atoms with Crippen molar-refractivity contribution in [2.75, 3.05) is 0 Å². The van der Waals surface area contributed by atoms with Crippen LogP contribution in [-0.4, -0.2) is 21.1 Å². The van der Waals surface area contributed by atoms with E-state index in [2.05, 4.69) is 5.16 Å². The molecule has 22 heavy (non-hydrogen) atoms. The Morgan fingerprint density at radius 2 is 1.77 bits per heavy atom. The molecule has 1 aromatic carbocycles. The van der Waals surface area contributed by atoms with Crippen molar-refractivity contribution in [3.63, 3.8) is 0 Å². The number of oxime groups is 1. The summed E-state index contributed by atoms with van der Waals surface area (Å²) in [5.74, 6) is -0.297. The van der Waals surface area contributed by atoms with E-state index in [1.54, 1.807) is 24.3 Å². The average Bonchev–Trinajstić information content (AvgIpc) is 2.87. The first kappa shape index (κ1) is 14.1. The molecule has 2 heterocycles. The van der Waals surface area contributed by atoms with E-state index in [1.165, 1.54) is 0 Å². The van der Waals surface area contributed by atoms with E-state index >= 15 is 0 Å². The maximum atomic E-state index is 12.7. The van der Waals surface area contributed by atoms with Gasteiger partial charge in [-0.25, -0.2) is 0 Å². The molecule has 0 aliphatic rings. The van der Waals surface area contributed by atoms with E-state index in [0.29, 0.717) is 11.3 Å². The topological polar surface area (TPSA) is 54.1 Å². The van der Waals surface area contributed by atoms with Gasteiger partial charge in [-0.3, -0.25) is 4.79 Å². The predicted octanol–water partition coefficient (Wildman–Crippen LogP) is 3.62. The summed E-state index contributed by atoms with van der Waals surface area (Å²) in [6, 6.07) is 16.7. The maximum absolute atomic E-state index is 12.7. The minimum atomic E-state index is -0.297. The third kappa shape index (κ3) is 2.19. The highest BCUT2D eigenvalue weighted by Crippen LogP contribution is 2.20. The molecule has 0 atom stereocenters. The summed E-state index contributed by atoms with van der Waals surface area (Å²) in [6.45, 7) is 3.86. The second kappa shape index (κ2) is 5.48. The van der Waals surface area contributed by atoms with Gasteiger partial charge in [-0.05, 0) is 37.6 Å². The van der Waals surface area contributed by atoms with Crippen molar-refractivity contribution >= 4 is 17.0 Å². The van der Waals surface area contributed by atoms with Gasteiger partial charge in [-0.15, -0.1) is 0 Å². The first-order valence-electron chi connectivity index (χ1n) is 7.03. The van der Waals surface area contributed by atoms with E-state index in [0.717, 1.165) is 16.8 Å². The molecular weight excluding hydrogens is 276 g/mol. The highest BCUT2D eigenvalue weighted by molar-refractivity contribution is 6.51. The largest absolute Gasteiger partial charge is 0.410 e. The van der Waals surface area contributed by atoms with Crippen LogP contribution in [0.4, 0.5) is 0 Å². The number of ketones is 1. The van der Waals surface area contributed by atoms with E-state index in [4.69, 9.17) is 0 Å². The van der Waals surface area contributed by atoms with Gasteiger partial charge in [0.15, 0.2) is 5.71 Å². The summed E-state index contributed by atoms with van der Waals surface area (Å²) >= 11 is 0. The molecule has 0 amide bonds. The number of aryl methyl sites for hydroxylation is 2. The third-order valence-electron chi connectivity index (χ3n) is 3.75. The fourth-order valence-electron chi connectivity index (χ4n) is 2.74. The molecule has 3 aromatic rings. The number of carbonyl (C=O) groups is 1. The highest BCUT2D eigenvalue weighted by atomic mass is 16.4. The molecule has 2 aromatic heterocycles. The molecule has 0 aliphatic carbocycles. The molecule has 0 unspecified atom stereocenters. The van der Waals surface area contributed by atoms with Crippen molar-refractivity contribution in [3.05, 3.63) is 77.1 Å². The van der Waals surface area contributed by atoms with Crippen LogP contribution >= 0.6 is 0 Å². The van der Waals surface area contributed by atoms with E-state index in [-0.39, 0.29) is 11.5 Å². The number of pyridine rings is 1. The van der Waals surface area contributed by atoms with E-state index in [9.17, 15) is 10.0 Å². The minimum Gasteiger partial charge on any atom is -0.410 e. The Balaban J connectivity index is 2.21. The zero-order valence-electron chi connectivity index (χ0n) is 12.4. The lowest BCUT2D eigenvalue weighted by molar-refractivity contribution is 0.106. The summed E-state index contributed by atoms with van der Waals surface area (Å²) in [5, 5.41) is 12.8. The van der Waals surface area contributed by atoms with Gasteiger partial charge in [0.2, 0.25) is 5.78 Å². The number of aromatic nitrogens is 1. The van der Waals surface area contributed by atoms with Gasteiger partial charge in [0.1, 0.15) is 0 Å². The van der Waals surface area contributed by atoms with Crippen LogP contribution < -0.4 is 0 Å². The lowest BCUT2D eigenvalue weighted by atomic mass is 10.0. The first-order chi connectivity index (χ1) is 10.6. The Bertz CT molecular complexity index is 877. The second-order valence-corrected chi connectivity index (χ2v) is 5.25. The van der Waals surface area contributed by atoms with Crippen LogP contribution in [0, 0.1) is 13.8 Å². The fourth-order valence-corrected chi connectivity index (χ4v) is 2.74. The van der Waals surface area contributed by atoms with E-state index in [1.807, 2.05) is 48.6 Å². The average molecular weight is 292 g/mol. The molecule has 4 nitrogen and oxygen atoms in total. The van der Waals surface area contributed by atoms with Crippen LogP contribution in [0.25, 0.3) is 5.52 Å². The van der Waals surface area contributed by atoms with Crippen molar-refractivity contribution in [1.29, 1.82) is 0 Å². The quantitative estimate of drug-likeness (QED) is 0.347. The molecule has 3 rings (SSSR count). The summed E-state index contributed by atoms with van der Waals surface area (Å²) in [7, 11) is 0. The van der Waals surface area contributed by atoms with Crippen LogP contribution in [0.1, 0.15) is 27.3 Å². The molecule has 4 heteroatoms. The van der Waals surface area contributed by atoms with E-state index < -0.39 is 0 Å². The molecule has 0 spiro atoms. The molecule has 0 fully saturated rings. The molecule has 0 saturated heterocycles. The van der Waals surface area contributed by atoms with Gasteiger partial charge in [0.25, 0.3) is 0 Å². The van der Waals surface area contributed by atoms with Crippen LogP contribution in [0.2, 0.25) is 0 Å². The predicted molar refractivity (Wildman–Crippen MR) is 86.0 cm³/mol. The zero-order chi connectivity index (χ0) is 15.7. The van der Waals surface area contributed by atoms with Crippen molar-refractivity contribution in [3.8, 4) is 0 Å². The Hall–Kier alpha value is -2.88. The highest BCUT2D eigenvalue weighted by Gasteiger charge is 2.22. The van der Waals surface area contributed by atoms with Gasteiger partial charge in [0, 0.05) is 16.8 Å². The summed E-state index contributed by atoms with van der Waals surface area (Å²) in [5.41, 5.74) is 4.02. The fraction of sp³-hybridized carbons (Fsp3) is 0.111. The van der Waals surface area contributed by atoms with Gasteiger partial charge < -0.3 is 9.61 Å². The number of nitrogens with zero attached hydrogens (tertiary/aromatic N) is 2. The Morgan fingerprint density at radius 1 is 1.05 bits per heavy atom. The number of hydrogen-bond acceptors (Lipinski definition) is 3. The van der Waals surface area contributed by atoms with Crippen molar-refractivity contribution in [2.45, 2.75) is 13.8 Å². The molecule has 0 radical (unpaired) electrons. The number of fused-ring (bicyclic) bond motifs is 1.